The van der Waals surface area contributed by atoms with Gasteiger partial charge in [-0.3, -0.25) is 4.79 Å². The van der Waals surface area contributed by atoms with Gasteiger partial charge in [0, 0.05) is 26.2 Å². The number of morpholine rings is 2. The number of amides is 1. The number of ether oxygens (including phenoxy) is 4. The van der Waals surface area contributed by atoms with Crippen LogP contribution in [0.1, 0.15) is 0 Å². The Balaban J connectivity index is 1.42. The molecule has 1 atom stereocenters. The summed E-state index contributed by atoms with van der Waals surface area (Å²) >= 11 is 0. The summed E-state index contributed by atoms with van der Waals surface area (Å²) in [5.41, 5.74) is 1.14. The fraction of sp³-hybridized carbons (Fsp3) is 0.435. The first-order chi connectivity index (χ1) is 16.5. The third kappa shape index (κ3) is 4.69. The maximum Gasteiger partial charge on any atom is 0.269 e. The summed E-state index contributed by atoms with van der Waals surface area (Å²) in [5, 5.41) is 2.89. The number of nitrogens with one attached hydrogen (secondary N) is 1. The quantitative estimate of drug-likeness (QED) is 0.671. The van der Waals surface area contributed by atoms with E-state index in [0.717, 1.165) is 5.69 Å². The lowest BCUT2D eigenvalue weighted by molar-refractivity contribution is -0.125. The molecule has 1 amide bonds. The predicted molar refractivity (Wildman–Crippen MR) is 124 cm³/mol. The van der Waals surface area contributed by atoms with Crippen molar-refractivity contribution in [3.63, 3.8) is 0 Å². The van der Waals surface area contributed by atoms with Crippen LogP contribution in [-0.4, -0.2) is 83.9 Å². The highest BCUT2D eigenvalue weighted by molar-refractivity contribution is 7.89. The molecule has 0 saturated carbocycles. The zero-order valence-corrected chi connectivity index (χ0v) is 19.5. The lowest BCUT2D eigenvalue weighted by Crippen LogP contribution is -2.42. The average molecular weight is 490 g/mol. The molecule has 0 spiro atoms. The molecule has 34 heavy (non-hydrogen) atoms. The summed E-state index contributed by atoms with van der Waals surface area (Å²) in [6.07, 6.45) is -0.869. The van der Waals surface area contributed by atoms with Gasteiger partial charge in [0.25, 0.3) is 5.91 Å². The van der Waals surface area contributed by atoms with Crippen molar-refractivity contribution in [1.29, 1.82) is 0 Å². The largest absolute Gasteiger partial charge is 0.485 e. The second-order valence-electron chi connectivity index (χ2n) is 8.15. The lowest BCUT2D eigenvalue weighted by atomic mass is 10.2. The fourth-order valence-electron chi connectivity index (χ4n) is 4.15. The van der Waals surface area contributed by atoms with Crippen molar-refractivity contribution in [2.75, 3.05) is 69.4 Å². The zero-order valence-electron chi connectivity index (χ0n) is 18.6. The molecular weight excluding hydrogens is 462 g/mol. The number of carbonyl (C=O) groups excluding carboxylic acids is 1. The van der Waals surface area contributed by atoms with E-state index in [0.29, 0.717) is 69.8 Å². The standard InChI is InChI=1S/C23H27N3O7S/c27-23(22-16-32-20-3-1-2-4-21(20)33-22)24-18-15-17(34(28,29)26-9-13-31-14-10-26)5-6-19(18)25-7-11-30-12-8-25/h1-6,15,22H,7-14,16H2,(H,24,27)/t22-/m0/s1. The van der Waals surface area contributed by atoms with Crippen molar-refractivity contribution in [2.45, 2.75) is 11.0 Å². The average Bonchev–Trinajstić information content (AvgIpc) is 2.89. The van der Waals surface area contributed by atoms with Gasteiger partial charge in [0.15, 0.2) is 11.5 Å². The molecule has 10 nitrogen and oxygen atoms in total. The Labute approximate surface area is 198 Å². The Kier molecular flexibility index (Phi) is 6.59. The molecule has 5 rings (SSSR count). The molecule has 2 aromatic carbocycles. The summed E-state index contributed by atoms with van der Waals surface area (Å²) in [4.78, 5) is 15.3. The summed E-state index contributed by atoms with van der Waals surface area (Å²) in [7, 11) is -3.73. The van der Waals surface area contributed by atoms with Crippen LogP contribution in [0.3, 0.4) is 0 Å². The Morgan fingerprint density at radius 3 is 2.32 bits per heavy atom. The van der Waals surface area contributed by atoms with Crippen LogP contribution < -0.4 is 19.7 Å². The van der Waals surface area contributed by atoms with E-state index < -0.39 is 22.0 Å². The van der Waals surface area contributed by atoms with E-state index in [1.54, 1.807) is 30.3 Å². The first-order valence-corrected chi connectivity index (χ1v) is 12.7. The molecule has 0 aliphatic carbocycles. The SMILES string of the molecule is O=C(Nc1cc(S(=O)(=O)N2CCOCC2)ccc1N1CCOCC1)[C@@H]1COc2ccccc2O1. The third-order valence-corrected chi connectivity index (χ3v) is 7.88. The minimum atomic E-state index is -3.73. The zero-order chi connectivity index (χ0) is 23.5. The molecule has 182 valence electrons. The van der Waals surface area contributed by atoms with Gasteiger partial charge in [-0.05, 0) is 30.3 Å². The van der Waals surface area contributed by atoms with Crippen molar-refractivity contribution in [3.8, 4) is 11.5 Å². The van der Waals surface area contributed by atoms with Crippen LogP contribution in [-0.2, 0) is 24.3 Å². The number of sulfonamides is 1. The molecule has 2 aromatic rings. The van der Waals surface area contributed by atoms with E-state index in [4.69, 9.17) is 18.9 Å². The lowest BCUT2D eigenvalue weighted by Gasteiger charge is -2.32. The van der Waals surface area contributed by atoms with Crippen LogP contribution in [0.4, 0.5) is 11.4 Å². The van der Waals surface area contributed by atoms with Gasteiger partial charge < -0.3 is 29.2 Å². The van der Waals surface area contributed by atoms with Gasteiger partial charge in [0.2, 0.25) is 16.1 Å². The number of benzene rings is 2. The molecule has 3 aliphatic rings. The van der Waals surface area contributed by atoms with Gasteiger partial charge in [-0.1, -0.05) is 12.1 Å². The number of carbonyl (C=O) groups is 1. The maximum absolute atomic E-state index is 13.2. The second-order valence-corrected chi connectivity index (χ2v) is 10.1. The van der Waals surface area contributed by atoms with Crippen LogP contribution in [0.15, 0.2) is 47.4 Å². The van der Waals surface area contributed by atoms with Gasteiger partial charge in [0.1, 0.15) is 6.61 Å². The van der Waals surface area contributed by atoms with Gasteiger partial charge in [-0.15, -0.1) is 0 Å². The highest BCUT2D eigenvalue weighted by Crippen LogP contribution is 2.33. The van der Waals surface area contributed by atoms with E-state index >= 15 is 0 Å². The Bertz CT molecular complexity index is 1150. The Hall–Kier alpha value is -2.86. The van der Waals surface area contributed by atoms with Crippen LogP contribution in [0.2, 0.25) is 0 Å². The van der Waals surface area contributed by atoms with Gasteiger partial charge >= 0.3 is 0 Å². The summed E-state index contributed by atoms with van der Waals surface area (Å²) in [6.45, 7) is 3.73. The van der Waals surface area contributed by atoms with Crippen LogP contribution in [0.25, 0.3) is 0 Å². The molecule has 3 aliphatic heterocycles. The number of anilines is 2. The van der Waals surface area contributed by atoms with E-state index in [9.17, 15) is 13.2 Å². The highest BCUT2D eigenvalue weighted by atomic mass is 32.2. The molecule has 1 N–H and O–H groups in total. The maximum atomic E-state index is 13.2. The third-order valence-electron chi connectivity index (χ3n) is 5.99. The minimum Gasteiger partial charge on any atom is -0.485 e. The van der Waals surface area contributed by atoms with Crippen molar-refractivity contribution in [3.05, 3.63) is 42.5 Å². The van der Waals surface area contributed by atoms with E-state index in [1.165, 1.54) is 10.4 Å². The first kappa shape index (κ1) is 22.9. The summed E-state index contributed by atoms with van der Waals surface area (Å²) in [6, 6.07) is 12.0. The molecule has 11 heteroatoms. The van der Waals surface area contributed by atoms with E-state index in [-0.39, 0.29) is 11.5 Å². The summed E-state index contributed by atoms with van der Waals surface area (Å²) in [5.74, 6) is 0.662. The van der Waals surface area contributed by atoms with Crippen molar-refractivity contribution < 1.29 is 32.2 Å². The van der Waals surface area contributed by atoms with Crippen LogP contribution in [0.5, 0.6) is 11.5 Å². The number of hydrogen-bond acceptors (Lipinski definition) is 8. The monoisotopic (exact) mass is 489 g/mol. The smallest absolute Gasteiger partial charge is 0.269 e. The van der Waals surface area contributed by atoms with Gasteiger partial charge in [0.05, 0.1) is 42.7 Å². The highest BCUT2D eigenvalue weighted by Gasteiger charge is 2.31. The Morgan fingerprint density at radius 1 is 0.912 bits per heavy atom. The predicted octanol–water partition coefficient (Wildman–Crippen LogP) is 1.32. The number of fused-ring (bicyclic) bond motifs is 1. The number of para-hydroxylation sites is 2. The molecular formula is C23H27N3O7S. The van der Waals surface area contributed by atoms with Crippen LogP contribution in [0, 0.1) is 0 Å². The molecule has 0 radical (unpaired) electrons. The number of nitrogens with zero attached hydrogens (tertiary/aromatic N) is 2. The molecule has 2 saturated heterocycles. The molecule has 0 unspecified atom stereocenters. The topological polar surface area (TPSA) is 107 Å². The van der Waals surface area contributed by atoms with Crippen molar-refractivity contribution >= 4 is 27.3 Å². The first-order valence-electron chi connectivity index (χ1n) is 11.3. The second kappa shape index (κ2) is 9.79. The number of hydrogen-bond donors (Lipinski definition) is 1. The normalized spacial score (nSPS) is 21.2. The van der Waals surface area contributed by atoms with Crippen molar-refractivity contribution in [2.24, 2.45) is 0 Å². The van der Waals surface area contributed by atoms with E-state index in [1.807, 2.05) is 6.07 Å². The number of rotatable bonds is 5. The van der Waals surface area contributed by atoms with Gasteiger partial charge in [-0.2, -0.15) is 4.31 Å². The van der Waals surface area contributed by atoms with Gasteiger partial charge in [-0.25, -0.2) is 8.42 Å². The minimum absolute atomic E-state index is 0.0570. The van der Waals surface area contributed by atoms with Crippen molar-refractivity contribution in [1.82, 2.24) is 4.31 Å². The Morgan fingerprint density at radius 2 is 1.59 bits per heavy atom. The molecule has 0 bridgehead atoms. The van der Waals surface area contributed by atoms with E-state index in [2.05, 4.69) is 10.2 Å². The molecule has 3 heterocycles. The summed E-state index contributed by atoms with van der Waals surface area (Å²) < 4.78 is 50.1. The molecule has 2 fully saturated rings. The molecule has 0 aromatic heterocycles. The van der Waals surface area contributed by atoms with Crippen LogP contribution >= 0.6 is 0 Å². The fourth-order valence-corrected chi connectivity index (χ4v) is 5.59.